The van der Waals surface area contributed by atoms with Crippen molar-refractivity contribution < 1.29 is 4.79 Å². The van der Waals surface area contributed by atoms with Gasteiger partial charge in [-0.3, -0.25) is 4.79 Å². The summed E-state index contributed by atoms with van der Waals surface area (Å²) in [6.45, 7) is 4.56. The highest BCUT2D eigenvalue weighted by atomic mass is 35.5. The van der Waals surface area contributed by atoms with Gasteiger partial charge in [-0.2, -0.15) is 0 Å². The molecule has 94 valence electrons. The van der Waals surface area contributed by atoms with Crippen LogP contribution in [0.3, 0.4) is 0 Å². The summed E-state index contributed by atoms with van der Waals surface area (Å²) in [6, 6.07) is 5.59. The van der Waals surface area contributed by atoms with Crippen molar-refractivity contribution in [2.45, 2.75) is 26.7 Å². The van der Waals surface area contributed by atoms with Crippen LogP contribution >= 0.6 is 11.6 Å². The number of halogens is 1. The first-order valence-corrected chi connectivity index (χ1v) is 6.17. The highest BCUT2D eigenvalue weighted by molar-refractivity contribution is 6.34. The van der Waals surface area contributed by atoms with Gasteiger partial charge in [0.1, 0.15) is 0 Å². The van der Waals surface area contributed by atoms with Crippen LogP contribution in [0.15, 0.2) is 18.2 Å². The van der Waals surface area contributed by atoms with Gasteiger partial charge in [-0.25, -0.2) is 0 Å². The van der Waals surface area contributed by atoms with Gasteiger partial charge in [0.2, 0.25) is 5.91 Å². The molecule has 1 aromatic carbocycles. The minimum atomic E-state index is -0.0159. The van der Waals surface area contributed by atoms with Crippen LogP contribution in [0.25, 0.3) is 0 Å². The molecule has 17 heavy (non-hydrogen) atoms. The van der Waals surface area contributed by atoms with E-state index in [2.05, 4.69) is 5.32 Å². The topological polar surface area (TPSA) is 55.1 Å². The van der Waals surface area contributed by atoms with Crippen molar-refractivity contribution in [2.24, 2.45) is 11.7 Å². The van der Waals surface area contributed by atoms with Crippen LogP contribution in [0.1, 0.15) is 25.3 Å². The molecule has 0 aliphatic rings. The number of hydrogen-bond acceptors (Lipinski definition) is 2. The van der Waals surface area contributed by atoms with E-state index in [4.69, 9.17) is 17.3 Å². The Morgan fingerprint density at radius 1 is 1.53 bits per heavy atom. The predicted octanol–water partition coefficient (Wildman–Crippen LogP) is 2.96. The zero-order valence-electron chi connectivity index (χ0n) is 10.3. The van der Waals surface area contributed by atoms with Crippen LogP contribution in [0.5, 0.6) is 0 Å². The second-order valence-electron chi connectivity index (χ2n) is 4.36. The van der Waals surface area contributed by atoms with E-state index >= 15 is 0 Å². The van der Waals surface area contributed by atoms with E-state index in [1.165, 1.54) is 0 Å². The summed E-state index contributed by atoms with van der Waals surface area (Å²) in [5, 5.41) is 3.42. The third kappa shape index (κ3) is 4.36. The number of aryl methyl sites for hydroxylation is 1. The molecule has 0 saturated carbocycles. The average Bonchev–Trinajstić information content (AvgIpc) is 2.32. The van der Waals surface area contributed by atoms with Gasteiger partial charge in [0.15, 0.2) is 0 Å². The van der Waals surface area contributed by atoms with E-state index in [1.807, 2.05) is 26.0 Å². The van der Waals surface area contributed by atoms with Gasteiger partial charge in [0, 0.05) is 6.42 Å². The standard InChI is InChI=1S/C13H19ClN2O/c1-9(8-15)6-7-12(17)16-11-5-3-4-10(2)13(11)14/h3-5,9H,6-8,15H2,1-2H3,(H,16,17). The summed E-state index contributed by atoms with van der Waals surface area (Å²) in [6.07, 6.45) is 1.27. The van der Waals surface area contributed by atoms with Crippen LogP contribution < -0.4 is 11.1 Å². The number of nitrogens with two attached hydrogens (primary N) is 1. The van der Waals surface area contributed by atoms with Gasteiger partial charge in [-0.1, -0.05) is 30.7 Å². The first-order valence-electron chi connectivity index (χ1n) is 5.79. The summed E-state index contributed by atoms with van der Waals surface area (Å²) in [7, 11) is 0. The van der Waals surface area contributed by atoms with E-state index < -0.39 is 0 Å². The molecular formula is C13H19ClN2O. The van der Waals surface area contributed by atoms with Crippen molar-refractivity contribution >= 4 is 23.2 Å². The quantitative estimate of drug-likeness (QED) is 0.849. The maximum absolute atomic E-state index is 11.7. The summed E-state index contributed by atoms with van der Waals surface area (Å²) in [5.74, 6) is 0.353. The molecular weight excluding hydrogens is 236 g/mol. The number of carbonyl (C=O) groups is 1. The molecule has 3 N–H and O–H groups in total. The van der Waals surface area contributed by atoms with Gasteiger partial charge < -0.3 is 11.1 Å². The second-order valence-corrected chi connectivity index (χ2v) is 4.74. The molecule has 0 saturated heterocycles. The maximum Gasteiger partial charge on any atom is 0.224 e. The van der Waals surface area contributed by atoms with Gasteiger partial charge >= 0.3 is 0 Å². The number of anilines is 1. The molecule has 0 aliphatic carbocycles. The van der Waals surface area contributed by atoms with Crippen LogP contribution in [-0.2, 0) is 4.79 Å². The molecule has 1 unspecified atom stereocenters. The van der Waals surface area contributed by atoms with Gasteiger partial charge in [-0.15, -0.1) is 0 Å². The minimum Gasteiger partial charge on any atom is -0.330 e. The SMILES string of the molecule is Cc1cccc(NC(=O)CCC(C)CN)c1Cl. The van der Waals surface area contributed by atoms with Crippen LogP contribution in [0, 0.1) is 12.8 Å². The number of benzene rings is 1. The molecule has 0 aromatic heterocycles. The largest absolute Gasteiger partial charge is 0.330 e. The molecule has 1 rings (SSSR count). The number of rotatable bonds is 5. The highest BCUT2D eigenvalue weighted by Gasteiger charge is 2.08. The average molecular weight is 255 g/mol. The Balaban J connectivity index is 2.54. The first-order chi connectivity index (χ1) is 8.04. The molecule has 1 amide bonds. The molecule has 1 atom stereocenters. The second kappa shape index (κ2) is 6.62. The lowest BCUT2D eigenvalue weighted by atomic mass is 10.1. The number of nitrogens with one attached hydrogen (secondary N) is 1. The van der Waals surface area contributed by atoms with E-state index in [0.717, 1.165) is 12.0 Å². The van der Waals surface area contributed by atoms with Crippen molar-refractivity contribution in [2.75, 3.05) is 11.9 Å². The van der Waals surface area contributed by atoms with E-state index in [0.29, 0.717) is 29.6 Å². The molecule has 1 aromatic rings. The molecule has 0 aliphatic heterocycles. The fourth-order valence-corrected chi connectivity index (χ4v) is 1.63. The lowest BCUT2D eigenvalue weighted by Crippen LogP contribution is -2.16. The van der Waals surface area contributed by atoms with Crippen LogP contribution in [0.4, 0.5) is 5.69 Å². The molecule has 0 spiro atoms. The highest BCUT2D eigenvalue weighted by Crippen LogP contribution is 2.25. The van der Waals surface area contributed by atoms with Crippen LogP contribution in [0.2, 0.25) is 5.02 Å². The maximum atomic E-state index is 11.7. The monoisotopic (exact) mass is 254 g/mol. The van der Waals surface area contributed by atoms with Gasteiger partial charge in [0.25, 0.3) is 0 Å². The van der Waals surface area contributed by atoms with E-state index in [9.17, 15) is 4.79 Å². The first kappa shape index (κ1) is 14.0. The summed E-state index contributed by atoms with van der Waals surface area (Å²) in [4.78, 5) is 11.7. The minimum absolute atomic E-state index is 0.0159. The normalized spacial score (nSPS) is 12.2. The Morgan fingerprint density at radius 3 is 2.88 bits per heavy atom. The smallest absolute Gasteiger partial charge is 0.224 e. The Bertz CT molecular complexity index is 393. The Kier molecular flexibility index (Phi) is 5.45. The van der Waals surface area contributed by atoms with Crippen molar-refractivity contribution in [3.63, 3.8) is 0 Å². The van der Waals surface area contributed by atoms with E-state index in [-0.39, 0.29) is 5.91 Å². The number of hydrogen-bond donors (Lipinski definition) is 2. The molecule has 0 heterocycles. The summed E-state index contributed by atoms with van der Waals surface area (Å²) in [5.41, 5.74) is 7.14. The molecule has 3 nitrogen and oxygen atoms in total. The lowest BCUT2D eigenvalue weighted by molar-refractivity contribution is -0.116. The molecule has 0 fully saturated rings. The van der Waals surface area contributed by atoms with Crippen molar-refractivity contribution in [3.05, 3.63) is 28.8 Å². The lowest BCUT2D eigenvalue weighted by Gasteiger charge is -2.10. The predicted molar refractivity (Wildman–Crippen MR) is 72.3 cm³/mol. The molecule has 0 bridgehead atoms. The fraction of sp³-hybridized carbons (Fsp3) is 0.462. The molecule has 4 heteroatoms. The zero-order valence-corrected chi connectivity index (χ0v) is 11.1. The van der Waals surface area contributed by atoms with Crippen molar-refractivity contribution in [1.29, 1.82) is 0 Å². The Morgan fingerprint density at radius 2 is 2.24 bits per heavy atom. The summed E-state index contributed by atoms with van der Waals surface area (Å²) < 4.78 is 0. The van der Waals surface area contributed by atoms with Crippen LogP contribution in [-0.4, -0.2) is 12.5 Å². The third-order valence-electron chi connectivity index (χ3n) is 2.73. The Hall–Kier alpha value is -1.06. The molecule has 0 radical (unpaired) electrons. The third-order valence-corrected chi connectivity index (χ3v) is 3.23. The fourth-order valence-electron chi connectivity index (χ4n) is 1.45. The van der Waals surface area contributed by atoms with Gasteiger partial charge in [0.05, 0.1) is 10.7 Å². The van der Waals surface area contributed by atoms with E-state index in [1.54, 1.807) is 6.07 Å². The number of amides is 1. The van der Waals surface area contributed by atoms with Gasteiger partial charge in [-0.05, 0) is 37.4 Å². The zero-order chi connectivity index (χ0) is 12.8. The summed E-state index contributed by atoms with van der Waals surface area (Å²) >= 11 is 6.09. The number of carbonyl (C=O) groups excluding carboxylic acids is 1. The Labute approximate surface area is 107 Å². The van der Waals surface area contributed by atoms with Crippen molar-refractivity contribution in [3.8, 4) is 0 Å². The van der Waals surface area contributed by atoms with Crippen molar-refractivity contribution in [1.82, 2.24) is 0 Å².